The van der Waals surface area contributed by atoms with E-state index >= 15 is 0 Å². The van der Waals surface area contributed by atoms with Crippen LogP contribution < -0.4 is 9.64 Å². The summed E-state index contributed by atoms with van der Waals surface area (Å²) in [4.78, 5) is 2.43. The van der Waals surface area contributed by atoms with Gasteiger partial charge in [0.2, 0.25) is 0 Å². The molecule has 1 unspecified atom stereocenters. The van der Waals surface area contributed by atoms with Gasteiger partial charge in [0.15, 0.2) is 0 Å². The van der Waals surface area contributed by atoms with E-state index in [2.05, 4.69) is 36.1 Å². The zero-order valence-corrected chi connectivity index (χ0v) is 14.6. The van der Waals surface area contributed by atoms with Crippen LogP contribution in [0, 0.1) is 5.82 Å². The highest BCUT2D eigenvalue weighted by atomic mass is 35.5. The summed E-state index contributed by atoms with van der Waals surface area (Å²) in [6.07, 6.45) is 3.60. The Morgan fingerprint density at radius 3 is 2.88 bits per heavy atom. The molecule has 126 valence electrons. The van der Waals surface area contributed by atoms with E-state index in [1.165, 1.54) is 30.5 Å². The minimum atomic E-state index is -0.373. The van der Waals surface area contributed by atoms with E-state index in [0.29, 0.717) is 12.4 Å². The second-order valence-electron chi connectivity index (χ2n) is 6.78. The van der Waals surface area contributed by atoms with E-state index in [-0.39, 0.29) is 16.3 Å². The fraction of sp³-hybridized carbons (Fsp3) is 0.400. The highest BCUT2D eigenvalue weighted by Gasteiger charge is 2.49. The van der Waals surface area contributed by atoms with Crippen molar-refractivity contribution in [3.05, 3.63) is 58.4 Å². The molecule has 2 aromatic carbocycles. The lowest BCUT2D eigenvalue weighted by Crippen LogP contribution is -2.36. The Kier molecular flexibility index (Phi) is 3.92. The van der Waals surface area contributed by atoms with E-state index in [1.807, 2.05) is 0 Å². The number of ether oxygens (including phenoxy) is 1. The molecule has 0 bridgehead atoms. The van der Waals surface area contributed by atoms with Crippen molar-refractivity contribution in [3.8, 4) is 5.75 Å². The normalized spacial score (nSPS) is 21.0. The maximum absolute atomic E-state index is 14.1. The fourth-order valence-electron chi connectivity index (χ4n) is 4.06. The minimum absolute atomic E-state index is 0.122. The van der Waals surface area contributed by atoms with Gasteiger partial charge in [0.05, 0.1) is 10.4 Å². The molecule has 1 atom stereocenters. The second kappa shape index (κ2) is 5.96. The minimum Gasteiger partial charge on any atom is -0.492 e. The molecule has 2 nitrogen and oxygen atoms in total. The van der Waals surface area contributed by atoms with Gasteiger partial charge in [-0.1, -0.05) is 49.6 Å². The summed E-state index contributed by atoms with van der Waals surface area (Å²) < 4.78 is 20.1. The molecule has 0 saturated heterocycles. The number of hydrogen-bond acceptors (Lipinski definition) is 2. The summed E-state index contributed by atoms with van der Waals surface area (Å²) >= 11 is 5.94. The van der Waals surface area contributed by atoms with Crippen molar-refractivity contribution in [2.45, 2.75) is 31.6 Å². The van der Waals surface area contributed by atoms with E-state index in [9.17, 15) is 4.39 Å². The van der Waals surface area contributed by atoms with Crippen LogP contribution in [0.2, 0.25) is 5.02 Å². The number of halogens is 2. The lowest BCUT2D eigenvalue weighted by atomic mass is 9.78. The lowest BCUT2D eigenvalue weighted by molar-refractivity contribution is 0.299. The number of unbranched alkanes of at least 4 members (excludes halogenated alkanes) is 2. The zero-order valence-electron chi connectivity index (χ0n) is 13.8. The molecule has 2 aliphatic rings. The van der Waals surface area contributed by atoms with Gasteiger partial charge in [-0.25, -0.2) is 4.39 Å². The first-order valence-corrected chi connectivity index (χ1v) is 9.00. The van der Waals surface area contributed by atoms with Crippen molar-refractivity contribution in [2.24, 2.45) is 0 Å². The number of anilines is 1. The topological polar surface area (TPSA) is 12.5 Å². The molecule has 2 heterocycles. The van der Waals surface area contributed by atoms with Crippen LogP contribution in [0.4, 0.5) is 10.1 Å². The molecule has 0 radical (unpaired) electrons. The molecular formula is C20H21ClFNO. The molecule has 0 N–H and O–H groups in total. The second-order valence-corrected chi connectivity index (χ2v) is 7.19. The highest BCUT2D eigenvalue weighted by molar-refractivity contribution is 6.30. The van der Waals surface area contributed by atoms with Gasteiger partial charge in [-0.2, -0.15) is 0 Å². The average molecular weight is 346 g/mol. The van der Waals surface area contributed by atoms with E-state index < -0.39 is 0 Å². The van der Waals surface area contributed by atoms with Crippen LogP contribution in [-0.4, -0.2) is 19.7 Å². The average Bonchev–Trinajstić information content (AvgIpc) is 3.09. The Hall–Kier alpha value is -1.74. The van der Waals surface area contributed by atoms with Gasteiger partial charge >= 0.3 is 0 Å². The highest BCUT2D eigenvalue weighted by Crippen LogP contribution is 2.52. The summed E-state index contributed by atoms with van der Waals surface area (Å²) in [6, 6.07) is 11.6. The molecule has 0 amide bonds. The van der Waals surface area contributed by atoms with Crippen LogP contribution in [0.5, 0.6) is 5.75 Å². The van der Waals surface area contributed by atoms with Gasteiger partial charge in [-0.15, -0.1) is 0 Å². The first kappa shape index (κ1) is 15.8. The molecule has 0 aromatic heterocycles. The third kappa shape index (κ3) is 2.29. The number of fused-ring (bicyclic) bond motifs is 4. The Bertz CT molecular complexity index is 778. The zero-order chi connectivity index (χ0) is 16.7. The molecule has 0 aliphatic carbocycles. The third-order valence-electron chi connectivity index (χ3n) is 5.26. The maximum Gasteiger partial charge on any atom is 0.142 e. The number of rotatable bonds is 4. The number of benzene rings is 2. The van der Waals surface area contributed by atoms with Gasteiger partial charge < -0.3 is 9.64 Å². The van der Waals surface area contributed by atoms with Crippen molar-refractivity contribution in [3.63, 3.8) is 0 Å². The fourth-order valence-corrected chi connectivity index (χ4v) is 4.21. The molecule has 4 heteroatoms. The first-order chi connectivity index (χ1) is 11.7. The van der Waals surface area contributed by atoms with Crippen molar-refractivity contribution < 1.29 is 9.13 Å². The van der Waals surface area contributed by atoms with Crippen molar-refractivity contribution in [1.82, 2.24) is 0 Å². The standard InChI is InChI=1S/C20H21ClFNO/c1-2-3-6-9-23-12-20(14-7-4-5-8-18(14)23)13-24-19-11-16(21)17(22)10-15(19)20/h4-5,7-8,10-11H,2-3,6,9,12-13H2,1H3. The van der Waals surface area contributed by atoms with Crippen LogP contribution in [0.3, 0.4) is 0 Å². The molecule has 2 aromatic rings. The molecule has 0 fully saturated rings. The van der Waals surface area contributed by atoms with Crippen molar-refractivity contribution in [2.75, 3.05) is 24.6 Å². The summed E-state index contributed by atoms with van der Waals surface area (Å²) in [6.45, 7) is 4.62. The Morgan fingerprint density at radius 2 is 2.04 bits per heavy atom. The number of para-hydroxylation sites is 1. The van der Waals surface area contributed by atoms with E-state index in [0.717, 1.165) is 18.7 Å². The lowest BCUT2D eigenvalue weighted by Gasteiger charge is -2.25. The third-order valence-corrected chi connectivity index (χ3v) is 5.55. The van der Waals surface area contributed by atoms with Crippen molar-refractivity contribution >= 4 is 17.3 Å². The first-order valence-electron chi connectivity index (χ1n) is 8.62. The summed E-state index contributed by atoms with van der Waals surface area (Å²) in [7, 11) is 0. The van der Waals surface area contributed by atoms with Gasteiger partial charge in [-0.05, 0) is 24.1 Å². The van der Waals surface area contributed by atoms with Gasteiger partial charge in [0.1, 0.15) is 18.2 Å². The molecule has 0 saturated carbocycles. The van der Waals surface area contributed by atoms with Crippen LogP contribution in [0.15, 0.2) is 36.4 Å². The Labute approximate surface area is 147 Å². The molecule has 1 spiro atoms. The predicted molar refractivity (Wildman–Crippen MR) is 95.9 cm³/mol. The van der Waals surface area contributed by atoms with E-state index in [1.54, 1.807) is 12.1 Å². The monoisotopic (exact) mass is 345 g/mol. The van der Waals surface area contributed by atoms with Crippen LogP contribution in [0.25, 0.3) is 0 Å². The molecule has 4 rings (SSSR count). The maximum atomic E-state index is 14.1. The largest absolute Gasteiger partial charge is 0.492 e. The van der Waals surface area contributed by atoms with Crippen LogP contribution in [-0.2, 0) is 5.41 Å². The smallest absolute Gasteiger partial charge is 0.142 e. The summed E-state index contributed by atoms with van der Waals surface area (Å²) in [5.41, 5.74) is 3.13. The number of hydrogen-bond donors (Lipinski definition) is 0. The van der Waals surface area contributed by atoms with Crippen molar-refractivity contribution in [1.29, 1.82) is 0 Å². The van der Waals surface area contributed by atoms with Crippen LogP contribution >= 0.6 is 11.6 Å². The van der Waals surface area contributed by atoms with Crippen LogP contribution in [0.1, 0.15) is 37.3 Å². The quantitative estimate of drug-likeness (QED) is 0.709. The Morgan fingerprint density at radius 1 is 1.21 bits per heavy atom. The van der Waals surface area contributed by atoms with Gasteiger partial charge in [-0.3, -0.25) is 0 Å². The van der Waals surface area contributed by atoms with E-state index in [4.69, 9.17) is 16.3 Å². The predicted octanol–water partition coefficient (Wildman–Crippen LogP) is 5.17. The van der Waals surface area contributed by atoms with Gasteiger partial charge in [0, 0.05) is 30.4 Å². The van der Waals surface area contributed by atoms with Gasteiger partial charge in [0.25, 0.3) is 0 Å². The molecule has 2 aliphatic heterocycles. The Balaban J connectivity index is 1.77. The SMILES string of the molecule is CCCCCN1CC2(COc3cc(Cl)c(F)cc32)c2ccccc21. The molecule has 24 heavy (non-hydrogen) atoms. The summed E-state index contributed by atoms with van der Waals surface area (Å²) in [5, 5.41) is 0.122. The molecular weight excluding hydrogens is 325 g/mol. The number of nitrogens with zero attached hydrogens (tertiary/aromatic N) is 1. The summed E-state index contributed by atoms with van der Waals surface area (Å²) in [5.74, 6) is 0.341.